The molecule has 5 nitrogen and oxygen atoms in total. The first-order chi connectivity index (χ1) is 11.0. The van der Waals surface area contributed by atoms with Gasteiger partial charge in [-0.15, -0.1) is 0 Å². The number of carbonyl (C=O) groups excluding carboxylic acids is 2. The van der Waals surface area contributed by atoms with Crippen molar-refractivity contribution in [1.29, 1.82) is 10.5 Å². The molecule has 1 aromatic carbocycles. The molecule has 1 aliphatic carbocycles. The molecule has 1 aromatic rings. The minimum atomic E-state index is -1.72. The van der Waals surface area contributed by atoms with Crippen LogP contribution in [0, 0.1) is 28.1 Å². The molecule has 1 aliphatic rings. The summed E-state index contributed by atoms with van der Waals surface area (Å²) in [7, 11) is 1.16. The second-order valence-electron chi connectivity index (χ2n) is 4.85. The molecule has 2 rings (SSSR count). The molecule has 23 heavy (non-hydrogen) atoms. The van der Waals surface area contributed by atoms with Crippen LogP contribution in [0.2, 0.25) is 5.02 Å². The number of nitrogens with zero attached hydrogens (tertiary/aromatic N) is 2. The number of nitriles is 2. The molecule has 0 bridgehead atoms. The average Bonchev–Trinajstić information content (AvgIpc) is 2.95. The lowest BCUT2D eigenvalue weighted by Gasteiger charge is -2.28. The van der Waals surface area contributed by atoms with Crippen molar-refractivity contribution in [3.63, 3.8) is 0 Å². The summed E-state index contributed by atoms with van der Waals surface area (Å²) in [5.74, 6) is -1.32. The number of hydrogen-bond donors (Lipinski definition) is 0. The fourth-order valence-electron chi connectivity index (χ4n) is 2.63. The monoisotopic (exact) mass is 326 g/mol. The highest BCUT2D eigenvalue weighted by molar-refractivity contribution is 6.30. The number of halogens is 1. The maximum absolute atomic E-state index is 12.4. The Bertz CT molecular complexity index is 794. The summed E-state index contributed by atoms with van der Waals surface area (Å²) in [6.45, 7) is 0. The Balaban J connectivity index is 2.82. The standard InChI is InChI=1S/C17H11ClN2O3/c1-23-16(22)17(8-2-3-14(17)21)15(12(9-19)10-20)11-4-6-13(18)7-5-11/h2-7H,8H2,1H3. The van der Waals surface area contributed by atoms with E-state index in [2.05, 4.69) is 0 Å². The van der Waals surface area contributed by atoms with Crippen molar-refractivity contribution in [3.05, 3.63) is 52.6 Å². The van der Waals surface area contributed by atoms with Gasteiger partial charge in [0.05, 0.1) is 7.11 Å². The Hall–Kier alpha value is -2.89. The zero-order valence-corrected chi connectivity index (χ0v) is 12.9. The van der Waals surface area contributed by atoms with Crippen molar-refractivity contribution in [2.45, 2.75) is 6.42 Å². The lowest BCUT2D eigenvalue weighted by molar-refractivity contribution is -0.151. The largest absolute Gasteiger partial charge is 0.468 e. The van der Waals surface area contributed by atoms with Gasteiger partial charge in [-0.3, -0.25) is 9.59 Å². The van der Waals surface area contributed by atoms with Crippen LogP contribution in [0.4, 0.5) is 0 Å². The van der Waals surface area contributed by atoms with Gasteiger partial charge in [0.2, 0.25) is 0 Å². The van der Waals surface area contributed by atoms with E-state index in [1.807, 2.05) is 0 Å². The molecule has 0 aliphatic heterocycles. The summed E-state index contributed by atoms with van der Waals surface area (Å²) in [6, 6.07) is 9.76. The molecule has 1 atom stereocenters. The molecule has 1 unspecified atom stereocenters. The van der Waals surface area contributed by atoms with E-state index in [1.165, 1.54) is 12.2 Å². The highest BCUT2D eigenvalue weighted by atomic mass is 35.5. The molecule has 0 heterocycles. The van der Waals surface area contributed by atoms with Crippen LogP contribution in [-0.4, -0.2) is 18.9 Å². The van der Waals surface area contributed by atoms with Gasteiger partial charge in [0.15, 0.2) is 11.2 Å². The molecule has 0 saturated heterocycles. The Kier molecular flexibility index (Phi) is 4.64. The topological polar surface area (TPSA) is 90.9 Å². The third kappa shape index (κ3) is 2.63. The van der Waals surface area contributed by atoms with Crippen LogP contribution in [0.3, 0.4) is 0 Å². The molecule has 0 saturated carbocycles. The van der Waals surface area contributed by atoms with Crippen molar-refractivity contribution in [2.75, 3.05) is 7.11 Å². The number of benzene rings is 1. The smallest absolute Gasteiger partial charge is 0.324 e. The number of hydrogen-bond acceptors (Lipinski definition) is 5. The molecule has 0 aromatic heterocycles. The molecule has 6 heteroatoms. The van der Waals surface area contributed by atoms with Crippen LogP contribution in [0.1, 0.15) is 12.0 Å². The van der Waals surface area contributed by atoms with Gasteiger partial charge in [-0.1, -0.05) is 29.8 Å². The fraction of sp³-hybridized carbons (Fsp3) is 0.176. The zero-order valence-electron chi connectivity index (χ0n) is 12.2. The fourth-order valence-corrected chi connectivity index (χ4v) is 2.75. The normalized spacial score (nSPS) is 18.9. The summed E-state index contributed by atoms with van der Waals surface area (Å²) >= 11 is 5.86. The first-order valence-corrected chi connectivity index (χ1v) is 6.99. The molecule has 0 amide bonds. The van der Waals surface area contributed by atoms with Gasteiger partial charge in [-0.05, 0) is 30.2 Å². The van der Waals surface area contributed by atoms with Gasteiger partial charge in [-0.25, -0.2) is 0 Å². The maximum Gasteiger partial charge on any atom is 0.324 e. The molecule has 0 radical (unpaired) electrons. The number of esters is 1. The number of ketones is 1. The van der Waals surface area contributed by atoms with Gasteiger partial charge in [0, 0.05) is 10.6 Å². The second kappa shape index (κ2) is 6.48. The van der Waals surface area contributed by atoms with Crippen molar-refractivity contribution < 1.29 is 14.3 Å². The molecular weight excluding hydrogens is 316 g/mol. The summed E-state index contributed by atoms with van der Waals surface area (Å²) in [4.78, 5) is 24.9. The molecular formula is C17H11ClN2O3. The maximum atomic E-state index is 12.4. The number of carbonyl (C=O) groups is 2. The third-order valence-electron chi connectivity index (χ3n) is 3.68. The van der Waals surface area contributed by atoms with Gasteiger partial charge >= 0.3 is 5.97 Å². The summed E-state index contributed by atoms with van der Waals surface area (Å²) in [5, 5.41) is 19.0. The molecule has 0 fully saturated rings. The van der Waals surface area contributed by atoms with E-state index in [0.29, 0.717) is 10.6 Å². The Morgan fingerprint density at radius 2 is 1.87 bits per heavy atom. The zero-order chi connectivity index (χ0) is 17.0. The van der Waals surface area contributed by atoms with Crippen LogP contribution in [0.5, 0.6) is 0 Å². The highest BCUT2D eigenvalue weighted by Crippen LogP contribution is 2.46. The minimum Gasteiger partial charge on any atom is -0.468 e. The number of rotatable bonds is 3. The Morgan fingerprint density at radius 1 is 1.26 bits per heavy atom. The predicted octanol–water partition coefficient (Wildman–Crippen LogP) is 2.83. The molecule has 0 N–H and O–H groups in total. The predicted molar refractivity (Wildman–Crippen MR) is 82.8 cm³/mol. The van der Waals surface area contributed by atoms with Crippen LogP contribution < -0.4 is 0 Å². The van der Waals surface area contributed by atoms with E-state index in [4.69, 9.17) is 16.3 Å². The first kappa shape index (κ1) is 16.5. The van der Waals surface area contributed by atoms with Gasteiger partial charge < -0.3 is 4.74 Å². The lowest BCUT2D eigenvalue weighted by Crippen LogP contribution is -2.38. The average molecular weight is 327 g/mol. The van der Waals surface area contributed by atoms with Crippen LogP contribution in [-0.2, 0) is 14.3 Å². The number of allylic oxidation sites excluding steroid dienone is 3. The van der Waals surface area contributed by atoms with Crippen molar-refractivity contribution in [3.8, 4) is 12.1 Å². The van der Waals surface area contributed by atoms with E-state index in [0.717, 1.165) is 7.11 Å². The van der Waals surface area contributed by atoms with E-state index in [1.54, 1.807) is 36.4 Å². The van der Waals surface area contributed by atoms with Crippen molar-refractivity contribution in [1.82, 2.24) is 0 Å². The lowest BCUT2D eigenvalue weighted by atomic mass is 9.72. The summed E-state index contributed by atoms with van der Waals surface area (Å²) in [6.07, 6.45) is 2.82. The van der Waals surface area contributed by atoms with E-state index >= 15 is 0 Å². The van der Waals surface area contributed by atoms with Crippen molar-refractivity contribution >= 4 is 28.9 Å². The van der Waals surface area contributed by atoms with E-state index < -0.39 is 17.2 Å². The van der Waals surface area contributed by atoms with Crippen LogP contribution in [0.15, 0.2) is 42.0 Å². The van der Waals surface area contributed by atoms with Gasteiger partial charge in [0.25, 0.3) is 0 Å². The SMILES string of the molecule is COC(=O)C1(C(=C(C#N)C#N)c2ccc(Cl)cc2)CC=CC1=O. The van der Waals surface area contributed by atoms with E-state index in [9.17, 15) is 20.1 Å². The molecule has 0 spiro atoms. The molecule has 114 valence electrons. The minimum absolute atomic E-state index is 0.0311. The highest BCUT2D eigenvalue weighted by Gasteiger charge is 2.52. The first-order valence-electron chi connectivity index (χ1n) is 6.61. The summed E-state index contributed by atoms with van der Waals surface area (Å²) < 4.78 is 4.79. The van der Waals surface area contributed by atoms with E-state index in [-0.39, 0.29) is 17.6 Å². The Labute approximate surface area is 138 Å². The third-order valence-corrected chi connectivity index (χ3v) is 3.93. The van der Waals surface area contributed by atoms with Crippen LogP contribution in [0.25, 0.3) is 5.57 Å². The van der Waals surface area contributed by atoms with Gasteiger partial charge in [-0.2, -0.15) is 10.5 Å². The number of ether oxygens (including phenoxy) is 1. The van der Waals surface area contributed by atoms with Crippen molar-refractivity contribution in [2.24, 2.45) is 5.41 Å². The second-order valence-corrected chi connectivity index (χ2v) is 5.28. The quantitative estimate of drug-likeness (QED) is 0.484. The summed E-state index contributed by atoms with van der Waals surface area (Å²) in [5.41, 5.74) is -1.59. The number of methoxy groups -OCH3 is 1. The Morgan fingerprint density at radius 3 is 2.30 bits per heavy atom. The van der Waals surface area contributed by atoms with Crippen LogP contribution >= 0.6 is 11.6 Å². The van der Waals surface area contributed by atoms with Gasteiger partial charge in [0.1, 0.15) is 17.7 Å².